The maximum Gasteiger partial charge on any atom is 0 e. The van der Waals surface area contributed by atoms with Crippen LogP contribution in [0.5, 0.6) is 0 Å². The molecule has 0 amide bonds. The first-order chi connectivity index (χ1) is 2.45. The molecule has 0 aromatic carbocycles. The van der Waals surface area contributed by atoms with E-state index in [1.807, 2.05) is 0 Å². The summed E-state index contributed by atoms with van der Waals surface area (Å²) < 4.78 is 0. The Balaban J connectivity index is -0.000000180. The van der Waals surface area contributed by atoms with Gasteiger partial charge in [0.1, 0.15) is 0 Å². The molecule has 62 valence electrons. The molecule has 0 fully saturated rings. The second-order valence-electron chi connectivity index (χ2n) is 1.24. The summed E-state index contributed by atoms with van der Waals surface area (Å²) >= 11 is -5.61. The van der Waals surface area contributed by atoms with Crippen molar-refractivity contribution < 1.29 is 59.8 Å². The molecule has 0 bridgehead atoms. The van der Waals surface area contributed by atoms with E-state index in [9.17, 15) is 0 Å². The maximum absolute atomic E-state index is 5.61. The Morgan fingerprint density at radius 2 is 0.667 bits per heavy atom. The predicted octanol–water partition coefficient (Wildman–Crippen LogP) is 3.31. The van der Waals surface area contributed by atoms with Crippen LogP contribution in [-0.4, -0.2) is 5.48 Å². The largest absolute Gasteiger partial charge is 0 e. The zero-order chi connectivity index (χ0) is 6.41. The fraction of sp³-hybridized carbons (Fsp3) is 0. The van der Waals surface area contributed by atoms with Gasteiger partial charge in [0.25, 0.3) is 0 Å². The third-order valence-corrected chi connectivity index (χ3v) is 0. The van der Waals surface area contributed by atoms with Crippen molar-refractivity contribution in [2.75, 3.05) is 0 Å². The fourth-order valence-corrected chi connectivity index (χ4v) is 0. The minimum absolute atomic E-state index is 0. The first kappa shape index (κ1) is 18.9. The van der Waals surface area contributed by atoms with Crippen molar-refractivity contribution in [3.8, 4) is 0 Å². The van der Waals surface area contributed by atoms with E-state index in [1.165, 1.54) is 0 Å². The summed E-state index contributed by atoms with van der Waals surface area (Å²) in [5.41, 5.74) is 0. The van der Waals surface area contributed by atoms with Crippen molar-refractivity contribution in [1.82, 2.24) is 0 Å². The van der Waals surface area contributed by atoms with Gasteiger partial charge in [-0.3, -0.25) is 0 Å². The van der Waals surface area contributed by atoms with E-state index in [2.05, 4.69) is 0 Å². The smallest absolute Gasteiger partial charge is 0 e. The fourth-order valence-electron chi connectivity index (χ4n) is 0. The van der Waals surface area contributed by atoms with Crippen LogP contribution in [0.4, 0.5) is 0 Å². The summed E-state index contributed by atoms with van der Waals surface area (Å²) in [4.78, 5) is 0. The molecule has 9 heavy (non-hydrogen) atoms. The molecule has 0 rings (SSSR count). The molecule has 0 unspecified atom stereocenters. The predicted molar refractivity (Wildman–Crippen MR) is 38.7 cm³/mol. The molecule has 0 aromatic rings. The molecule has 0 aromatic heterocycles. The molecule has 9 heteroatoms. The third kappa shape index (κ3) is 72.2. The van der Waals surface area contributed by atoms with E-state index >= 15 is 0 Å². The minimum Gasteiger partial charge on any atom is 0 e. The van der Waals surface area contributed by atoms with Crippen LogP contribution in [0.3, 0.4) is 0 Å². The van der Waals surface area contributed by atoms with Crippen molar-refractivity contribution in [3.63, 3.8) is 0 Å². The van der Waals surface area contributed by atoms with Gasteiger partial charge < -0.3 is 5.48 Å². The van der Waals surface area contributed by atoms with E-state index in [4.69, 9.17) is 40.7 Å². The monoisotopic (exact) mass is 526 g/mol. The van der Waals surface area contributed by atoms with Crippen LogP contribution in [0.1, 0.15) is 0 Å². The van der Waals surface area contributed by atoms with Crippen molar-refractivity contribution in [2.45, 2.75) is 0 Å². The van der Waals surface area contributed by atoms with Crippen molar-refractivity contribution >= 4 is 40.7 Å². The zero-order valence-corrected chi connectivity index (χ0v) is 14.0. The van der Waals surface area contributed by atoms with Crippen molar-refractivity contribution in [3.05, 3.63) is 0 Å². The molecule has 1 nitrogen and oxygen atoms in total. The summed E-state index contributed by atoms with van der Waals surface area (Å²) in [6, 6.07) is 0. The van der Waals surface area contributed by atoms with Gasteiger partial charge in [0.2, 0.25) is 0 Å². The Hall–Kier alpha value is 4.18. The molecular weight excluding hydrogens is 527 g/mol. The average molecular weight is 529 g/mol. The SMILES string of the molecule is O.[Cl][La]([Cl])([Cl])([Cl])([Cl])[Cl].[Tb]. The molecule has 0 saturated heterocycles. The quantitative estimate of drug-likeness (QED) is 0.462. The van der Waals surface area contributed by atoms with Crippen molar-refractivity contribution in [2.24, 2.45) is 0 Å². The van der Waals surface area contributed by atoms with Gasteiger partial charge in [0.05, 0.1) is 0 Å². The number of hydrogen-bond donors (Lipinski definition) is 0. The van der Waals surface area contributed by atoms with E-state index in [0.29, 0.717) is 0 Å². The summed E-state index contributed by atoms with van der Waals surface area (Å²) in [6.07, 6.45) is 0. The van der Waals surface area contributed by atoms with Crippen molar-refractivity contribution in [1.29, 1.82) is 0 Å². The third-order valence-electron chi connectivity index (χ3n) is 0. The first-order valence-electron chi connectivity index (χ1n) is 1.31. The molecule has 0 saturated carbocycles. The van der Waals surface area contributed by atoms with E-state index in [-0.39, 0.29) is 44.1 Å². The van der Waals surface area contributed by atoms with Crippen LogP contribution in [0, 0.1) is 54.3 Å². The molecule has 0 aliphatic rings. The standard InChI is InChI=1S/6ClH.La.H2O.Tb/h6*1H;;1H2;/q;;;;;;+6;;/p-6. The Morgan fingerprint density at radius 3 is 0.667 bits per heavy atom. The Labute approximate surface area is 97.2 Å². The second kappa shape index (κ2) is 4.14. The molecule has 0 heterocycles. The zero-order valence-electron chi connectivity index (χ0n) is 3.68. The van der Waals surface area contributed by atoms with Gasteiger partial charge in [0.15, 0.2) is 0 Å². The summed E-state index contributed by atoms with van der Waals surface area (Å²) in [5.74, 6) is 0. The van der Waals surface area contributed by atoms with E-state index in [1.54, 1.807) is 0 Å². The summed E-state index contributed by atoms with van der Waals surface area (Å²) in [6.45, 7) is 30.5. The number of hydrogen-bond acceptors (Lipinski definition) is 0. The molecule has 1 radical (unpaired) electrons. The second-order valence-corrected chi connectivity index (χ2v) is 81.1. The number of rotatable bonds is 0. The molecular formula is H2Cl6LaOTb. The maximum atomic E-state index is 5.08. The molecule has 0 aliphatic heterocycles. The normalized spacial score (nSPS) is 18.0. The van der Waals surface area contributed by atoms with Crippen LogP contribution >= 0.6 is 40.7 Å². The van der Waals surface area contributed by atoms with Gasteiger partial charge in [0, 0.05) is 38.6 Å². The molecule has 0 aliphatic carbocycles. The Bertz CT molecular complexity index is 71.6. The van der Waals surface area contributed by atoms with E-state index < -0.39 is 15.7 Å². The van der Waals surface area contributed by atoms with Gasteiger partial charge in [-0.15, -0.1) is 0 Å². The van der Waals surface area contributed by atoms with Gasteiger partial charge >= 0.3 is 56.5 Å². The summed E-state index contributed by atoms with van der Waals surface area (Å²) in [5, 5.41) is 0. The van der Waals surface area contributed by atoms with E-state index in [0.717, 1.165) is 0 Å². The number of halogens is 6. The van der Waals surface area contributed by atoms with Gasteiger partial charge in [-0.05, 0) is 0 Å². The van der Waals surface area contributed by atoms with Crippen LogP contribution in [0.2, 0.25) is 0 Å². The Kier molecular flexibility index (Phi) is 8.68. The van der Waals surface area contributed by atoms with Gasteiger partial charge in [-0.2, -0.15) is 0 Å². The van der Waals surface area contributed by atoms with Gasteiger partial charge in [-0.1, -0.05) is 0 Å². The van der Waals surface area contributed by atoms with Crippen LogP contribution in [0.15, 0.2) is 0 Å². The topological polar surface area (TPSA) is 31.5 Å². The minimum atomic E-state index is -5.61. The first-order valence-corrected chi connectivity index (χ1v) is 28.6. The van der Waals surface area contributed by atoms with Crippen LogP contribution < -0.4 is 0 Å². The van der Waals surface area contributed by atoms with Gasteiger partial charge in [-0.25, -0.2) is 0 Å². The van der Waals surface area contributed by atoms with Crippen LogP contribution in [0.25, 0.3) is 0 Å². The molecule has 0 atom stereocenters. The average Bonchev–Trinajstić information content (AvgIpc) is 0.592. The Morgan fingerprint density at radius 1 is 0.667 bits per heavy atom. The summed E-state index contributed by atoms with van der Waals surface area (Å²) in [7, 11) is 0. The van der Waals surface area contributed by atoms with Crippen LogP contribution in [-0.2, 0) is 0 Å². The molecule has 2 N–H and O–H groups in total. The molecule has 0 spiro atoms.